The predicted molar refractivity (Wildman–Crippen MR) is 227 cm³/mol. The highest BCUT2D eigenvalue weighted by Crippen LogP contribution is 2.65. The third-order valence-corrected chi connectivity index (χ3v) is 15.5. The van der Waals surface area contributed by atoms with Crippen LogP contribution in [-0.2, 0) is 32.7 Å². The third-order valence-electron chi connectivity index (χ3n) is 14.0. The van der Waals surface area contributed by atoms with Crippen molar-refractivity contribution in [3.05, 3.63) is 98.4 Å². The van der Waals surface area contributed by atoms with Crippen LogP contribution in [0, 0.1) is 31.0 Å². The summed E-state index contributed by atoms with van der Waals surface area (Å²) in [7, 11) is 4.80. The molecule has 0 aliphatic carbocycles. The van der Waals surface area contributed by atoms with Crippen molar-refractivity contribution >= 4 is 29.6 Å². The van der Waals surface area contributed by atoms with Gasteiger partial charge in [0.2, 0.25) is 6.79 Å². The van der Waals surface area contributed by atoms with Gasteiger partial charge >= 0.3 is 11.9 Å². The lowest BCUT2D eigenvalue weighted by Crippen LogP contribution is -2.69. The summed E-state index contributed by atoms with van der Waals surface area (Å²) in [5.74, 6) is -2.10. The zero-order valence-corrected chi connectivity index (χ0v) is 36.7. The molecule has 11 rings (SSSR count). The van der Waals surface area contributed by atoms with Crippen LogP contribution in [0.2, 0.25) is 0 Å². The molecular weight excluding hydrogens is 848 g/mol. The van der Waals surface area contributed by atoms with Crippen molar-refractivity contribution in [3.63, 3.8) is 0 Å². The van der Waals surface area contributed by atoms with Crippen molar-refractivity contribution in [3.8, 4) is 46.3 Å². The number of thioether (sulfide) groups is 1. The van der Waals surface area contributed by atoms with Gasteiger partial charge in [-0.15, -0.1) is 11.8 Å². The molecule has 0 aromatic heterocycles. The molecule has 2 fully saturated rings. The van der Waals surface area contributed by atoms with Crippen LogP contribution in [0.4, 0.5) is 4.39 Å². The number of carbonyl (C=O) groups excluding carboxylic acids is 3. The Kier molecular flexibility index (Phi) is 9.93. The summed E-state index contributed by atoms with van der Waals surface area (Å²) in [6.07, 6.45) is 0.609. The average Bonchev–Trinajstić information content (AvgIpc) is 3.76. The van der Waals surface area contributed by atoms with Crippen molar-refractivity contribution in [1.29, 1.82) is 5.26 Å². The van der Waals surface area contributed by atoms with Crippen LogP contribution in [0.1, 0.15) is 79.1 Å². The average molecular weight is 893 g/mol. The minimum Gasteiger partial charge on any atom is -0.504 e. The molecule has 15 nitrogen and oxygen atoms in total. The van der Waals surface area contributed by atoms with Crippen LogP contribution in [-0.4, -0.2) is 108 Å². The summed E-state index contributed by atoms with van der Waals surface area (Å²) in [6, 6.07) is 9.70. The van der Waals surface area contributed by atoms with E-state index in [0.717, 1.165) is 11.1 Å². The second kappa shape index (κ2) is 15.2. The van der Waals surface area contributed by atoms with E-state index in [-0.39, 0.29) is 60.7 Å². The molecular formula is C47H45FN4O11S. The van der Waals surface area contributed by atoms with E-state index in [1.807, 2.05) is 20.0 Å². The molecule has 7 aliphatic heterocycles. The first-order valence-corrected chi connectivity index (χ1v) is 22.0. The molecule has 7 atom stereocenters. The van der Waals surface area contributed by atoms with Gasteiger partial charge in [0.1, 0.15) is 24.2 Å². The fourth-order valence-corrected chi connectivity index (χ4v) is 13.1. The molecule has 0 radical (unpaired) electrons. The molecule has 7 aliphatic rings. The molecule has 1 amide bonds. The number of halogens is 1. The molecule has 332 valence electrons. The molecule has 0 saturated carbocycles. The van der Waals surface area contributed by atoms with E-state index in [4.69, 9.17) is 28.4 Å². The highest BCUT2D eigenvalue weighted by Gasteiger charge is 2.63. The molecule has 0 unspecified atom stereocenters. The summed E-state index contributed by atoms with van der Waals surface area (Å²) in [5.41, 5.74) is 2.41. The van der Waals surface area contributed by atoms with Gasteiger partial charge in [0.25, 0.3) is 5.91 Å². The van der Waals surface area contributed by atoms with Crippen molar-refractivity contribution in [2.45, 2.75) is 74.6 Å². The maximum absolute atomic E-state index is 15.7. The third kappa shape index (κ3) is 5.74. The Balaban J connectivity index is 1.27. The van der Waals surface area contributed by atoms with E-state index in [9.17, 15) is 25.1 Å². The Morgan fingerprint density at radius 3 is 2.48 bits per heavy atom. The first-order valence-electron chi connectivity index (χ1n) is 21.0. The van der Waals surface area contributed by atoms with Crippen LogP contribution in [0.5, 0.6) is 40.2 Å². The van der Waals surface area contributed by atoms with Crippen LogP contribution in [0.15, 0.2) is 42.5 Å². The van der Waals surface area contributed by atoms with E-state index in [1.54, 1.807) is 13.0 Å². The molecule has 4 bridgehead atoms. The number of likely N-dealkylation sites (N-methyl/N-ethyl adjacent to an activating group) is 1. The smallest absolute Gasteiger partial charge is 0.337 e. The van der Waals surface area contributed by atoms with Gasteiger partial charge in [-0.3, -0.25) is 19.4 Å². The van der Waals surface area contributed by atoms with Crippen LogP contribution in [0.25, 0.3) is 0 Å². The molecule has 17 heteroatoms. The molecule has 7 heterocycles. The first-order chi connectivity index (χ1) is 30.8. The maximum atomic E-state index is 15.7. The summed E-state index contributed by atoms with van der Waals surface area (Å²) >= 11 is 1.28. The molecule has 2 saturated heterocycles. The first kappa shape index (κ1) is 41.8. The number of hydrogen-bond donors (Lipinski definition) is 2. The number of esters is 2. The molecule has 1 spiro atoms. The largest absolute Gasteiger partial charge is 0.504 e. The molecule has 64 heavy (non-hydrogen) atoms. The topological polar surface area (TPSA) is 181 Å². The van der Waals surface area contributed by atoms with Crippen molar-refractivity contribution in [1.82, 2.24) is 14.7 Å². The minimum atomic E-state index is -1.96. The van der Waals surface area contributed by atoms with Gasteiger partial charge in [-0.2, -0.15) is 5.26 Å². The molecule has 4 aromatic carbocycles. The van der Waals surface area contributed by atoms with Gasteiger partial charge in [0.05, 0.1) is 43.2 Å². The number of nitriles is 1. The van der Waals surface area contributed by atoms with E-state index in [0.29, 0.717) is 57.1 Å². The van der Waals surface area contributed by atoms with Crippen molar-refractivity contribution in [2.75, 3.05) is 47.0 Å². The lowest BCUT2D eigenvalue weighted by atomic mass is 9.71. The van der Waals surface area contributed by atoms with Gasteiger partial charge in [-0.05, 0) is 80.3 Å². The van der Waals surface area contributed by atoms with Crippen LogP contribution < -0.4 is 23.7 Å². The lowest BCUT2D eigenvalue weighted by Gasteiger charge is -2.62. The van der Waals surface area contributed by atoms with E-state index >= 15 is 9.18 Å². The van der Waals surface area contributed by atoms with E-state index in [2.05, 4.69) is 15.9 Å². The number of nitrogens with zero attached hydrogens (tertiary/aromatic N) is 4. The zero-order valence-electron chi connectivity index (χ0n) is 35.9. The Morgan fingerprint density at radius 2 is 1.77 bits per heavy atom. The van der Waals surface area contributed by atoms with Crippen LogP contribution >= 0.6 is 11.8 Å². The zero-order chi connectivity index (χ0) is 45.1. The Morgan fingerprint density at radius 1 is 1.00 bits per heavy atom. The summed E-state index contributed by atoms with van der Waals surface area (Å²) in [5, 5.41) is 33.7. The van der Waals surface area contributed by atoms with Gasteiger partial charge in [0.15, 0.2) is 40.0 Å². The fourth-order valence-electron chi connectivity index (χ4n) is 11.3. The maximum Gasteiger partial charge on any atom is 0.337 e. The Bertz CT molecular complexity index is 2740. The number of phenols is 2. The number of ether oxygens (including phenoxy) is 6. The number of piperazine rings is 1. The van der Waals surface area contributed by atoms with Crippen molar-refractivity contribution < 1.29 is 57.4 Å². The normalized spacial score (nSPS) is 26.5. The Hall–Kier alpha value is -6.22. The highest BCUT2D eigenvalue weighted by atomic mass is 32.2. The van der Waals surface area contributed by atoms with Crippen LogP contribution in [0.3, 0.4) is 0 Å². The number of methoxy groups -OCH3 is 2. The minimum absolute atomic E-state index is 0.0407. The summed E-state index contributed by atoms with van der Waals surface area (Å²) in [4.78, 5) is 49.1. The monoisotopic (exact) mass is 892 g/mol. The highest BCUT2D eigenvalue weighted by molar-refractivity contribution is 7.99. The van der Waals surface area contributed by atoms with Gasteiger partial charge in [-0.25, -0.2) is 9.18 Å². The predicted octanol–water partition coefficient (Wildman–Crippen LogP) is 5.68. The number of phenolic OH excluding ortho intramolecular Hbond substituents is 2. The summed E-state index contributed by atoms with van der Waals surface area (Å²) in [6.45, 7) is 4.34. The van der Waals surface area contributed by atoms with E-state index < -0.39 is 64.7 Å². The number of amides is 1. The second-order valence-corrected chi connectivity index (χ2v) is 18.2. The standard InChI is InChI=1S/C47H45FN4O11S/c1-21-13-25-14-29-30(17-49)52-31-18-60-46(57)47(27-16-33(58-5)32(54)15-24(27)11-12-51(47)45(56)26-9-7-8-10-28(26)48)19-64-44(38(52)37(50(29)4)34(25)39(55)40(21)59-6)36-35(31)43-42(61-20-62-43)22(2)41(36)63-23(3)53/h7-10,13,15-16,29-31,37-38,44,54-55H,11-12,14,18-20H2,1-6H3/t29-,30-,31-,37+,38+,44+,47+/m0/s1. The number of carbonyl (C=O) groups is 3. The van der Waals surface area contributed by atoms with E-state index in [1.165, 1.54) is 68.1 Å². The summed E-state index contributed by atoms with van der Waals surface area (Å²) < 4.78 is 52.0. The van der Waals surface area contributed by atoms with Crippen molar-refractivity contribution in [2.24, 2.45) is 0 Å². The number of benzene rings is 4. The number of rotatable bonds is 4. The second-order valence-electron chi connectivity index (χ2n) is 17.1. The number of aryl methyl sites for hydroxylation is 1. The number of aromatic hydroxyl groups is 2. The van der Waals surface area contributed by atoms with Gasteiger partial charge in [0, 0.05) is 53.6 Å². The van der Waals surface area contributed by atoms with Gasteiger partial charge < -0.3 is 43.5 Å². The van der Waals surface area contributed by atoms with Gasteiger partial charge in [-0.1, -0.05) is 18.2 Å². The number of hydrogen-bond acceptors (Lipinski definition) is 15. The SMILES string of the molecule is COc1cc2c(cc1O)CCN(C(=O)c1ccccc1F)[C@]21CS[C@@H]2c3c(OC(C)=O)c(C)c4c(c3[C@H](COC1=O)N1[C@@H]2[C@H]2c3c(cc(C)c(OC)c3O)C[C@@H]([C@@H]1C#N)N2C)OCO4. The molecule has 4 aromatic rings. The number of fused-ring (bicyclic) bond motifs is 9. The Labute approximate surface area is 372 Å². The molecule has 2 N–H and O–H groups in total. The quantitative estimate of drug-likeness (QED) is 0.189. The fraction of sp³-hybridized carbons (Fsp3) is 0.404. The lowest BCUT2D eigenvalue weighted by molar-refractivity contribution is -0.162.